The maximum absolute atomic E-state index is 13.7. The van der Waals surface area contributed by atoms with Gasteiger partial charge in [0.15, 0.2) is 0 Å². The van der Waals surface area contributed by atoms with Crippen molar-refractivity contribution in [2.45, 2.75) is 5.16 Å². The van der Waals surface area contributed by atoms with E-state index in [9.17, 15) is 9.18 Å². The molecule has 0 aliphatic carbocycles. The fourth-order valence-corrected chi connectivity index (χ4v) is 2.25. The summed E-state index contributed by atoms with van der Waals surface area (Å²) in [6.45, 7) is 0.390. The van der Waals surface area contributed by atoms with Crippen LogP contribution in [0, 0.1) is 5.82 Å². The Morgan fingerprint density at radius 3 is 2.95 bits per heavy atom. The van der Waals surface area contributed by atoms with Crippen molar-refractivity contribution in [3.05, 3.63) is 24.0 Å². The Balaban J connectivity index is 1.75. The Hall–Kier alpha value is -2.36. The third-order valence-electron chi connectivity index (χ3n) is 2.62. The third-order valence-corrected chi connectivity index (χ3v) is 3.64. The highest BCUT2D eigenvalue weighted by Gasteiger charge is 2.08. The van der Waals surface area contributed by atoms with Gasteiger partial charge in [0.25, 0.3) is 0 Å². The zero-order valence-corrected chi connectivity index (χ0v) is 12.9. The number of nitrogens with one attached hydrogen (secondary N) is 2. The van der Waals surface area contributed by atoms with Crippen molar-refractivity contribution in [3.8, 4) is 5.75 Å². The van der Waals surface area contributed by atoms with Crippen LogP contribution in [0.5, 0.6) is 5.75 Å². The lowest BCUT2D eigenvalue weighted by molar-refractivity contribution is 0.252. The fourth-order valence-electron chi connectivity index (χ4n) is 1.54. The number of aryl methyl sites for hydroxylation is 1. The minimum Gasteiger partial charge on any atom is -0.497 e. The number of benzene rings is 1. The Bertz CT molecular complexity index is 650. The van der Waals surface area contributed by atoms with Gasteiger partial charge < -0.3 is 15.4 Å². The highest BCUT2D eigenvalue weighted by atomic mass is 32.2. The van der Waals surface area contributed by atoms with Crippen molar-refractivity contribution in [3.63, 3.8) is 0 Å². The van der Waals surface area contributed by atoms with Crippen LogP contribution in [0.3, 0.4) is 0 Å². The number of anilines is 1. The molecule has 2 N–H and O–H groups in total. The van der Waals surface area contributed by atoms with E-state index in [-0.39, 0.29) is 5.69 Å². The van der Waals surface area contributed by atoms with Gasteiger partial charge in [-0.2, -0.15) is 0 Å². The van der Waals surface area contributed by atoms with E-state index in [0.29, 0.717) is 23.2 Å². The molecule has 0 bridgehead atoms. The summed E-state index contributed by atoms with van der Waals surface area (Å²) < 4.78 is 20.1. The standard InChI is InChI=1S/C12H15FN6O2S/c1-19-12(16-17-18-19)22-6-5-14-11(20)15-10-4-3-8(21-2)7-9(10)13/h3-4,7H,5-6H2,1-2H3,(H2,14,15,20). The molecule has 0 fully saturated rings. The Morgan fingerprint density at radius 2 is 2.32 bits per heavy atom. The van der Waals surface area contributed by atoms with Gasteiger partial charge in [0, 0.05) is 25.4 Å². The number of rotatable bonds is 6. The SMILES string of the molecule is COc1ccc(NC(=O)NCCSc2nnnn2C)c(F)c1. The monoisotopic (exact) mass is 326 g/mol. The van der Waals surface area contributed by atoms with Crippen LogP contribution in [0.25, 0.3) is 0 Å². The predicted molar refractivity (Wildman–Crippen MR) is 79.5 cm³/mol. The molecule has 0 atom stereocenters. The molecular formula is C12H15FN6O2S. The van der Waals surface area contributed by atoms with Crippen LogP contribution >= 0.6 is 11.8 Å². The average molecular weight is 326 g/mol. The van der Waals surface area contributed by atoms with Gasteiger partial charge in [-0.15, -0.1) is 5.10 Å². The number of carbonyl (C=O) groups is 1. The van der Waals surface area contributed by atoms with Crippen molar-refractivity contribution < 1.29 is 13.9 Å². The topological polar surface area (TPSA) is 94.0 Å². The first-order valence-corrected chi connectivity index (χ1v) is 7.32. The minimum absolute atomic E-state index is 0.0865. The summed E-state index contributed by atoms with van der Waals surface area (Å²) in [5, 5.41) is 16.7. The number of thioether (sulfide) groups is 1. The second kappa shape index (κ2) is 7.59. The van der Waals surface area contributed by atoms with Crippen molar-refractivity contribution in [2.75, 3.05) is 24.7 Å². The van der Waals surface area contributed by atoms with Crippen LogP contribution < -0.4 is 15.4 Å². The van der Waals surface area contributed by atoms with Gasteiger partial charge in [-0.1, -0.05) is 11.8 Å². The van der Waals surface area contributed by atoms with Crippen LogP contribution in [-0.4, -0.2) is 45.6 Å². The number of carbonyl (C=O) groups excluding carboxylic acids is 1. The van der Waals surface area contributed by atoms with Crippen LogP contribution in [0.1, 0.15) is 0 Å². The lowest BCUT2D eigenvalue weighted by Crippen LogP contribution is -2.30. The number of amides is 2. The lowest BCUT2D eigenvalue weighted by Gasteiger charge is -2.09. The molecule has 0 spiro atoms. The molecule has 0 unspecified atom stereocenters. The number of ether oxygens (including phenoxy) is 1. The number of hydrogen-bond acceptors (Lipinski definition) is 6. The normalized spacial score (nSPS) is 10.3. The molecular weight excluding hydrogens is 311 g/mol. The van der Waals surface area contributed by atoms with E-state index < -0.39 is 11.8 Å². The zero-order valence-electron chi connectivity index (χ0n) is 12.0. The molecule has 0 aliphatic rings. The molecule has 0 saturated carbocycles. The molecule has 1 heterocycles. The molecule has 8 nitrogen and oxygen atoms in total. The maximum Gasteiger partial charge on any atom is 0.319 e. The summed E-state index contributed by atoms with van der Waals surface area (Å²) >= 11 is 1.40. The summed E-state index contributed by atoms with van der Waals surface area (Å²) in [5.41, 5.74) is 0.0865. The van der Waals surface area contributed by atoms with Gasteiger partial charge in [0.1, 0.15) is 11.6 Å². The van der Waals surface area contributed by atoms with Crippen LogP contribution in [-0.2, 0) is 7.05 Å². The third kappa shape index (κ3) is 4.32. The van der Waals surface area contributed by atoms with Gasteiger partial charge in [0.05, 0.1) is 12.8 Å². The molecule has 118 valence electrons. The smallest absolute Gasteiger partial charge is 0.319 e. The van der Waals surface area contributed by atoms with E-state index in [2.05, 4.69) is 26.2 Å². The van der Waals surface area contributed by atoms with Gasteiger partial charge in [-0.3, -0.25) is 0 Å². The number of methoxy groups -OCH3 is 1. The maximum atomic E-state index is 13.7. The molecule has 2 aromatic rings. The minimum atomic E-state index is -0.561. The zero-order chi connectivity index (χ0) is 15.9. The number of tetrazole rings is 1. The van der Waals surface area contributed by atoms with Crippen LogP contribution in [0.2, 0.25) is 0 Å². The van der Waals surface area contributed by atoms with Crippen molar-refractivity contribution in [1.29, 1.82) is 0 Å². The fraction of sp³-hybridized carbons (Fsp3) is 0.333. The number of hydrogen-bond donors (Lipinski definition) is 2. The van der Waals surface area contributed by atoms with Gasteiger partial charge in [-0.25, -0.2) is 13.9 Å². The Kier molecular flexibility index (Phi) is 5.53. The summed E-state index contributed by atoms with van der Waals surface area (Å²) in [7, 11) is 3.17. The first kappa shape index (κ1) is 16.0. The molecule has 2 amide bonds. The summed E-state index contributed by atoms with van der Waals surface area (Å²) in [4.78, 5) is 11.7. The first-order chi connectivity index (χ1) is 10.6. The molecule has 0 radical (unpaired) electrons. The van der Waals surface area contributed by atoms with Crippen LogP contribution in [0.4, 0.5) is 14.9 Å². The molecule has 22 heavy (non-hydrogen) atoms. The number of halogens is 1. The number of urea groups is 1. The van der Waals surface area contributed by atoms with E-state index in [1.807, 2.05) is 0 Å². The Labute approximate surface area is 130 Å². The quantitative estimate of drug-likeness (QED) is 0.613. The highest BCUT2D eigenvalue weighted by molar-refractivity contribution is 7.99. The van der Waals surface area contributed by atoms with Crippen molar-refractivity contribution in [1.82, 2.24) is 25.5 Å². The van der Waals surface area contributed by atoms with Gasteiger partial charge in [0.2, 0.25) is 5.16 Å². The van der Waals surface area contributed by atoms with E-state index in [0.717, 1.165) is 0 Å². The molecule has 0 aliphatic heterocycles. The first-order valence-electron chi connectivity index (χ1n) is 6.33. The van der Waals surface area contributed by atoms with Crippen molar-refractivity contribution >= 4 is 23.5 Å². The summed E-state index contributed by atoms with van der Waals surface area (Å²) in [6.07, 6.45) is 0. The van der Waals surface area contributed by atoms with E-state index in [1.54, 1.807) is 13.1 Å². The lowest BCUT2D eigenvalue weighted by atomic mass is 10.3. The number of nitrogens with zero attached hydrogens (tertiary/aromatic N) is 4. The predicted octanol–water partition coefficient (Wildman–Crippen LogP) is 1.27. The van der Waals surface area contributed by atoms with E-state index in [4.69, 9.17) is 4.74 Å². The molecule has 0 saturated heterocycles. The molecule has 10 heteroatoms. The van der Waals surface area contributed by atoms with Crippen molar-refractivity contribution in [2.24, 2.45) is 7.05 Å². The second-order valence-corrected chi connectivity index (χ2v) is 5.22. The van der Waals surface area contributed by atoms with Gasteiger partial charge >= 0.3 is 6.03 Å². The molecule has 2 rings (SSSR count). The van der Waals surface area contributed by atoms with Crippen LogP contribution in [0.15, 0.2) is 23.4 Å². The van der Waals surface area contributed by atoms with E-state index in [1.165, 1.54) is 35.7 Å². The van der Waals surface area contributed by atoms with E-state index >= 15 is 0 Å². The van der Waals surface area contributed by atoms with Gasteiger partial charge in [-0.05, 0) is 22.6 Å². The molecule has 1 aromatic carbocycles. The Morgan fingerprint density at radius 1 is 1.50 bits per heavy atom. The second-order valence-electron chi connectivity index (χ2n) is 4.16. The summed E-state index contributed by atoms with van der Waals surface area (Å²) in [6, 6.07) is 3.72. The molecule has 1 aromatic heterocycles. The average Bonchev–Trinajstić information content (AvgIpc) is 2.91. The highest BCUT2D eigenvalue weighted by Crippen LogP contribution is 2.20. The summed E-state index contributed by atoms with van der Waals surface area (Å²) in [5.74, 6) is 0.415. The largest absolute Gasteiger partial charge is 0.497 e. The number of aromatic nitrogens is 4.